The van der Waals surface area contributed by atoms with Gasteiger partial charge in [-0.05, 0) is 49.7 Å². The Bertz CT molecular complexity index is 1200. The number of benzene rings is 1. The Morgan fingerprint density at radius 1 is 1.14 bits per heavy atom. The van der Waals surface area contributed by atoms with Crippen LogP contribution >= 0.6 is 23.1 Å². The van der Waals surface area contributed by atoms with E-state index in [2.05, 4.69) is 24.8 Å². The highest BCUT2D eigenvalue weighted by Crippen LogP contribution is 2.30. The molecule has 0 radical (unpaired) electrons. The number of pyridine rings is 1. The molecule has 1 aliphatic heterocycles. The minimum Gasteiger partial charge on any atom is -0.310 e. The first kappa shape index (κ1) is 25.2. The zero-order chi connectivity index (χ0) is 25.0. The van der Waals surface area contributed by atoms with Crippen molar-refractivity contribution >= 4 is 39.8 Å². The van der Waals surface area contributed by atoms with Crippen molar-refractivity contribution in [1.29, 1.82) is 0 Å². The molecular weight excluding hydrogens is 503 g/mol. The van der Waals surface area contributed by atoms with Gasteiger partial charge in [0.25, 0.3) is 5.91 Å². The smallest absolute Gasteiger partial charge is 0.310 e. The molecule has 0 aliphatic carbocycles. The predicted molar refractivity (Wildman–Crippen MR) is 126 cm³/mol. The fourth-order valence-electron chi connectivity index (χ4n) is 3.97. The summed E-state index contributed by atoms with van der Waals surface area (Å²) in [5.41, 5.74) is -0.404. The van der Waals surface area contributed by atoms with E-state index in [1.54, 1.807) is 12.1 Å². The maximum Gasteiger partial charge on any atom is 0.417 e. The average Bonchev–Trinajstić information content (AvgIpc) is 3.51. The second-order valence-electron chi connectivity index (χ2n) is 8.25. The lowest BCUT2D eigenvalue weighted by Gasteiger charge is -2.23. The Balaban J connectivity index is 1.50. The Hall–Kier alpha value is -2.89. The number of alkyl halides is 3. The number of halogens is 4. The van der Waals surface area contributed by atoms with Gasteiger partial charge in [0.1, 0.15) is 5.00 Å². The third-order valence-corrected chi connectivity index (χ3v) is 6.65. The molecule has 1 fully saturated rings. The van der Waals surface area contributed by atoms with Crippen molar-refractivity contribution in [3.8, 4) is 0 Å². The van der Waals surface area contributed by atoms with E-state index in [1.165, 1.54) is 0 Å². The van der Waals surface area contributed by atoms with Crippen molar-refractivity contribution in [2.24, 2.45) is 0 Å². The van der Waals surface area contributed by atoms with Gasteiger partial charge in [0.05, 0.1) is 11.1 Å². The number of anilines is 1. The summed E-state index contributed by atoms with van der Waals surface area (Å²) in [5.74, 6) is -1.29. The van der Waals surface area contributed by atoms with Gasteiger partial charge >= 0.3 is 6.18 Å². The van der Waals surface area contributed by atoms with Crippen LogP contribution in [0.3, 0.4) is 0 Å². The van der Waals surface area contributed by atoms with Crippen LogP contribution in [0, 0.1) is 0 Å². The van der Waals surface area contributed by atoms with Gasteiger partial charge in [-0.15, -0.1) is 5.10 Å². The summed E-state index contributed by atoms with van der Waals surface area (Å²) in [7, 11) is 0. The summed E-state index contributed by atoms with van der Waals surface area (Å²) >= 11 is 6.81. The van der Waals surface area contributed by atoms with Gasteiger partial charge in [0, 0.05) is 47.8 Å². The molecule has 7 nitrogen and oxygen atoms in total. The van der Waals surface area contributed by atoms with E-state index in [4.69, 9.17) is 11.6 Å². The molecule has 184 valence electrons. The third-order valence-electron chi connectivity index (χ3n) is 5.76. The van der Waals surface area contributed by atoms with E-state index < -0.39 is 17.6 Å². The van der Waals surface area contributed by atoms with Gasteiger partial charge in [0.15, 0.2) is 11.5 Å². The number of hydrogen-bond acceptors (Lipinski definition) is 7. The van der Waals surface area contributed by atoms with Gasteiger partial charge in [-0.1, -0.05) is 28.2 Å². The van der Waals surface area contributed by atoms with Crippen LogP contribution in [0.15, 0.2) is 42.7 Å². The van der Waals surface area contributed by atoms with Crippen molar-refractivity contribution in [3.05, 3.63) is 70.1 Å². The van der Waals surface area contributed by atoms with Crippen molar-refractivity contribution < 1.29 is 22.8 Å². The van der Waals surface area contributed by atoms with Crippen LogP contribution in [0.25, 0.3) is 0 Å². The van der Waals surface area contributed by atoms with Gasteiger partial charge < -0.3 is 10.2 Å². The third kappa shape index (κ3) is 6.41. The number of carbonyl (C=O) groups excluding carboxylic acids is 2. The fourth-order valence-corrected chi connectivity index (χ4v) is 4.68. The van der Waals surface area contributed by atoms with Crippen LogP contribution in [0.2, 0.25) is 5.02 Å². The Labute approximate surface area is 208 Å². The normalized spacial score (nSPS) is 15.2. The van der Waals surface area contributed by atoms with Crippen molar-refractivity contribution in [1.82, 2.24) is 19.5 Å². The van der Waals surface area contributed by atoms with Crippen LogP contribution in [0.1, 0.15) is 57.2 Å². The number of amides is 1. The monoisotopic (exact) mass is 523 g/mol. The number of nitrogens with zero attached hydrogens (tertiary/aromatic N) is 4. The Morgan fingerprint density at radius 3 is 2.54 bits per heavy atom. The SMILES string of the molecule is O=C(Nc1snnc1C(=O)C[C@@H](CN1CCCC1)c1ccc(Cl)cc1)c1cncc(C(F)(F)F)c1. The summed E-state index contributed by atoms with van der Waals surface area (Å²) in [6.07, 6.45) is -0.639. The quantitative estimate of drug-likeness (QED) is 0.403. The molecule has 0 saturated carbocycles. The molecule has 3 heterocycles. The van der Waals surface area contributed by atoms with Crippen LogP contribution in [0.5, 0.6) is 0 Å². The van der Waals surface area contributed by atoms with Crippen molar-refractivity contribution in [2.75, 3.05) is 25.0 Å². The van der Waals surface area contributed by atoms with Crippen LogP contribution in [0.4, 0.5) is 18.2 Å². The standard InChI is InChI=1S/C23H21ClF3N5O2S/c24-18-5-3-14(4-6-18)16(13-32-7-1-2-8-32)10-19(33)20-22(35-31-30-20)29-21(34)15-9-17(12-28-11-15)23(25,26)27/h3-6,9,11-12,16H,1-2,7-8,10,13H2,(H,29,34)/t16-/m0/s1. The van der Waals surface area contributed by atoms with E-state index in [-0.39, 0.29) is 34.4 Å². The summed E-state index contributed by atoms with van der Waals surface area (Å²) in [4.78, 5) is 31.6. The number of ketones is 1. The Morgan fingerprint density at radius 2 is 1.86 bits per heavy atom. The molecule has 4 rings (SSSR count). The maximum absolute atomic E-state index is 13.2. The van der Waals surface area contributed by atoms with E-state index in [9.17, 15) is 22.8 Å². The molecule has 1 aromatic carbocycles. The van der Waals surface area contributed by atoms with E-state index in [0.717, 1.165) is 49.2 Å². The molecule has 0 bridgehead atoms. The number of likely N-dealkylation sites (tertiary alicyclic amines) is 1. The zero-order valence-electron chi connectivity index (χ0n) is 18.4. The summed E-state index contributed by atoms with van der Waals surface area (Å²) in [5, 5.41) is 7.02. The highest BCUT2D eigenvalue weighted by molar-refractivity contribution is 7.10. The second-order valence-corrected chi connectivity index (χ2v) is 9.44. The number of rotatable bonds is 8. The minimum atomic E-state index is -4.64. The highest BCUT2D eigenvalue weighted by Gasteiger charge is 2.32. The number of nitrogens with one attached hydrogen (secondary N) is 1. The van der Waals surface area contributed by atoms with Gasteiger partial charge in [-0.2, -0.15) is 13.2 Å². The van der Waals surface area contributed by atoms with Gasteiger partial charge in [-0.3, -0.25) is 14.6 Å². The molecule has 12 heteroatoms. The molecule has 3 aromatic rings. The van der Waals surface area contributed by atoms with Gasteiger partial charge in [-0.25, -0.2) is 0 Å². The first-order chi connectivity index (χ1) is 16.7. The Kier molecular flexibility index (Phi) is 7.78. The molecule has 1 N–H and O–H groups in total. The minimum absolute atomic E-state index is 0.0244. The van der Waals surface area contributed by atoms with Crippen LogP contribution in [-0.2, 0) is 6.18 Å². The molecule has 1 aliphatic rings. The van der Waals surface area contributed by atoms with Gasteiger partial charge in [0.2, 0.25) is 0 Å². The van der Waals surface area contributed by atoms with E-state index >= 15 is 0 Å². The lowest BCUT2D eigenvalue weighted by molar-refractivity contribution is -0.137. The van der Waals surface area contributed by atoms with Crippen LogP contribution < -0.4 is 5.32 Å². The number of hydrogen-bond donors (Lipinski definition) is 1. The molecule has 35 heavy (non-hydrogen) atoms. The second kappa shape index (κ2) is 10.8. The lowest BCUT2D eigenvalue weighted by Crippen LogP contribution is -2.27. The summed E-state index contributed by atoms with van der Waals surface area (Å²) in [6, 6.07) is 8.03. The first-order valence-corrected chi connectivity index (χ1v) is 12.0. The predicted octanol–water partition coefficient (Wildman–Crippen LogP) is 5.31. The highest BCUT2D eigenvalue weighted by atomic mass is 35.5. The molecule has 2 aromatic heterocycles. The molecule has 1 atom stereocenters. The summed E-state index contributed by atoms with van der Waals surface area (Å²) in [6.45, 7) is 2.61. The summed E-state index contributed by atoms with van der Waals surface area (Å²) < 4.78 is 42.7. The number of aromatic nitrogens is 3. The fraction of sp³-hybridized carbons (Fsp3) is 0.348. The van der Waals surface area contributed by atoms with E-state index in [0.29, 0.717) is 23.8 Å². The number of carbonyl (C=O) groups is 2. The molecule has 1 saturated heterocycles. The zero-order valence-corrected chi connectivity index (χ0v) is 20.0. The molecular formula is C23H21ClF3N5O2S. The van der Waals surface area contributed by atoms with Crippen LogP contribution in [-0.4, -0.2) is 50.8 Å². The topological polar surface area (TPSA) is 88.1 Å². The lowest BCUT2D eigenvalue weighted by atomic mass is 9.92. The number of Topliss-reactive ketones (excluding diaryl/α,β-unsaturated/α-hetero) is 1. The van der Waals surface area contributed by atoms with E-state index in [1.807, 2.05) is 12.1 Å². The average molecular weight is 524 g/mol. The van der Waals surface area contributed by atoms with Crippen molar-refractivity contribution in [2.45, 2.75) is 31.4 Å². The maximum atomic E-state index is 13.2. The molecule has 0 spiro atoms. The van der Waals surface area contributed by atoms with Crippen molar-refractivity contribution in [3.63, 3.8) is 0 Å². The molecule has 1 amide bonds. The largest absolute Gasteiger partial charge is 0.417 e. The molecule has 0 unspecified atom stereocenters. The first-order valence-electron chi connectivity index (χ1n) is 10.9.